The Kier molecular flexibility index (Phi) is 7.55. The van der Waals surface area contributed by atoms with Crippen LogP contribution in [0.4, 0.5) is 13.2 Å². The summed E-state index contributed by atoms with van der Waals surface area (Å²) in [5.74, 6) is 0. The van der Waals surface area contributed by atoms with Gasteiger partial charge in [0.2, 0.25) is 0 Å². The molecule has 5 aromatic carbocycles. The van der Waals surface area contributed by atoms with Gasteiger partial charge in [-0.05, 0) is 80.3 Å². The first-order valence-electron chi connectivity index (χ1n) is 12.2. The average molecular weight is 579 g/mol. The lowest BCUT2D eigenvalue weighted by atomic mass is 9.82. The van der Waals surface area contributed by atoms with E-state index in [1.165, 1.54) is 55.6 Å². The quantitative estimate of drug-likeness (QED) is 0.168. The summed E-state index contributed by atoms with van der Waals surface area (Å²) in [5, 5.41) is 0.754. The summed E-state index contributed by atoms with van der Waals surface area (Å²) in [4.78, 5) is 0. The summed E-state index contributed by atoms with van der Waals surface area (Å²) in [6.45, 7) is 0. The molecular weight excluding hydrogens is 557 g/mol. The van der Waals surface area contributed by atoms with Crippen LogP contribution in [0.25, 0.3) is 44.5 Å². The van der Waals surface area contributed by atoms with Crippen molar-refractivity contribution in [2.75, 3.05) is 0 Å². The summed E-state index contributed by atoms with van der Waals surface area (Å²) in [6, 6.07) is 41.0. The topological polar surface area (TPSA) is 54.4 Å². The minimum Gasteiger partial charge on any atom is -0.279 e. The highest BCUT2D eigenvalue weighted by atomic mass is 35.5. The second-order valence-corrected chi connectivity index (χ2v) is 11.0. The second-order valence-electron chi connectivity index (χ2n) is 9.19. The molecule has 3 nitrogen and oxygen atoms in total. The third kappa shape index (κ3) is 5.54. The van der Waals surface area contributed by atoms with Gasteiger partial charge in [-0.2, -0.15) is 21.6 Å². The molecule has 5 aromatic rings. The minimum atomic E-state index is -5.84. The molecule has 0 amide bonds. The number of rotatable bonds is 3. The summed E-state index contributed by atoms with van der Waals surface area (Å²) in [6.07, 6.45) is 0.955. The van der Waals surface area contributed by atoms with E-state index in [-0.39, 0.29) is 0 Å². The first kappa shape index (κ1) is 27.6. The fourth-order valence-corrected chi connectivity index (χ4v) is 5.09. The van der Waals surface area contributed by atoms with Gasteiger partial charge < -0.3 is 0 Å². The molecule has 6 rings (SSSR count). The fourth-order valence-electron chi connectivity index (χ4n) is 4.96. The average Bonchev–Trinajstić information content (AvgIpc) is 3.31. The minimum absolute atomic E-state index is 0.754. The molecule has 0 heterocycles. The van der Waals surface area contributed by atoms with Crippen LogP contribution in [0.2, 0.25) is 5.02 Å². The van der Waals surface area contributed by atoms with Gasteiger partial charge in [0.25, 0.3) is 0 Å². The first-order valence-corrected chi connectivity index (χ1v) is 14.0. The van der Waals surface area contributed by atoms with Crippen molar-refractivity contribution in [1.29, 1.82) is 0 Å². The lowest BCUT2D eigenvalue weighted by Crippen LogP contribution is -2.21. The molecule has 1 aliphatic rings. The number of hydrogen-bond acceptors (Lipinski definition) is 2. The van der Waals surface area contributed by atoms with Crippen molar-refractivity contribution < 1.29 is 26.1 Å². The van der Waals surface area contributed by atoms with E-state index in [0.29, 0.717) is 0 Å². The van der Waals surface area contributed by atoms with E-state index in [2.05, 4.69) is 103 Å². The monoisotopic (exact) mass is 578 g/mol. The molecule has 0 saturated heterocycles. The Labute approximate surface area is 235 Å². The highest BCUT2D eigenvalue weighted by Crippen LogP contribution is 2.50. The zero-order chi connectivity index (χ0) is 28.5. The van der Waals surface area contributed by atoms with E-state index in [9.17, 15) is 13.2 Å². The molecule has 0 aliphatic heterocycles. The van der Waals surface area contributed by atoms with Gasteiger partial charge in [-0.1, -0.05) is 109 Å². The van der Waals surface area contributed by atoms with Gasteiger partial charge in [-0.3, -0.25) is 4.55 Å². The molecule has 8 heteroatoms. The van der Waals surface area contributed by atoms with Crippen LogP contribution in [0.15, 0.2) is 115 Å². The maximum atomic E-state index is 10.7. The third-order valence-electron chi connectivity index (χ3n) is 6.68. The van der Waals surface area contributed by atoms with Gasteiger partial charge in [0.1, 0.15) is 0 Å². The van der Waals surface area contributed by atoms with Crippen LogP contribution in [0.3, 0.4) is 0 Å². The molecular formula is C32H22ClF3O3S. The van der Waals surface area contributed by atoms with Crippen molar-refractivity contribution >= 4 is 21.7 Å². The van der Waals surface area contributed by atoms with Crippen molar-refractivity contribution in [1.82, 2.24) is 0 Å². The standard InChI is InChI=1S/C31H21Cl.CHF3O3S/c32-25-17-15-21(16-18-25)27-20-28-26-14-8-7-13-24(26)19-29(28)31(23-11-5-2-6-12-23)30(27)22-9-3-1-4-10-22;2-1(3,4)8(5,6)7/h1-18,20H,19H2;(H,5,6,7). The summed E-state index contributed by atoms with van der Waals surface area (Å²) >= 11 is 6.24. The summed E-state index contributed by atoms with van der Waals surface area (Å²) < 4.78 is 57.5. The third-order valence-corrected chi connectivity index (χ3v) is 7.52. The fraction of sp³-hybridized carbons (Fsp3) is 0.0625. The molecule has 0 bridgehead atoms. The van der Waals surface area contributed by atoms with Gasteiger partial charge in [0.05, 0.1) is 0 Å². The van der Waals surface area contributed by atoms with Crippen LogP contribution < -0.4 is 0 Å². The highest BCUT2D eigenvalue weighted by molar-refractivity contribution is 7.86. The Hall–Kier alpha value is -3.91. The largest absolute Gasteiger partial charge is 0.522 e. The Balaban J connectivity index is 0.000000355. The number of hydrogen-bond donors (Lipinski definition) is 1. The lowest BCUT2D eigenvalue weighted by molar-refractivity contribution is -0.0510. The predicted molar refractivity (Wildman–Crippen MR) is 154 cm³/mol. The van der Waals surface area contributed by atoms with Gasteiger partial charge >= 0.3 is 15.6 Å². The zero-order valence-electron chi connectivity index (χ0n) is 20.9. The van der Waals surface area contributed by atoms with Gasteiger partial charge in [0, 0.05) is 5.02 Å². The van der Waals surface area contributed by atoms with Crippen LogP contribution >= 0.6 is 11.6 Å². The zero-order valence-corrected chi connectivity index (χ0v) is 22.4. The molecule has 0 fully saturated rings. The van der Waals surface area contributed by atoms with E-state index in [4.69, 9.17) is 24.6 Å². The molecule has 0 atom stereocenters. The Morgan fingerprint density at radius 2 is 1.12 bits per heavy atom. The first-order chi connectivity index (χ1) is 19.0. The van der Waals surface area contributed by atoms with Crippen LogP contribution in [0, 0.1) is 0 Å². The van der Waals surface area contributed by atoms with E-state index in [0.717, 1.165) is 11.4 Å². The Morgan fingerprint density at radius 1 is 0.625 bits per heavy atom. The van der Waals surface area contributed by atoms with Gasteiger partial charge in [0.15, 0.2) is 0 Å². The van der Waals surface area contributed by atoms with Crippen LogP contribution in [0.5, 0.6) is 0 Å². The molecule has 0 radical (unpaired) electrons. The molecule has 0 unspecified atom stereocenters. The smallest absolute Gasteiger partial charge is 0.279 e. The molecule has 1 aliphatic carbocycles. The summed E-state index contributed by atoms with van der Waals surface area (Å²) in [7, 11) is -5.84. The Bertz CT molecular complexity index is 1770. The van der Waals surface area contributed by atoms with Crippen LogP contribution in [-0.4, -0.2) is 18.5 Å². The molecule has 202 valence electrons. The predicted octanol–water partition coefficient (Wildman–Crippen LogP) is 9.31. The molecule has 1 N–H and O–H groups in total. The van der Waals surface area contributed by atoms with Crippen molar-refractivity contribution in [3.05, 3.63) is 131 Å². The van der Waals surface area contributed by atoms with Gasteiger partial charge in [-0.25, -0.2) is 0 Å². The van der Waals surface area contributed by atoms with Crippen LogP contribution in [0.1, 0.15) is 11.1 Å². The number of fused-ring (bicyclic) bond motifs is 3. The van der Waals surface area contributed by atoms with E-state index < -0.39 is 15.6 Å². The second kappa shape index (κ2) is 10.9. The summed E-state index contributed by atoms with van der Waals surface area (Å²) in [5.41, 5.74) is 7.47. The van der Waals surface area contributed by atoms with Crippen molar-refractivity contribution in [2.24, 2.45) is 0 Å². The van der Waals surface area contributed by atoms with Crippen molar-refractivity contribution in [3.8, 4) is 44.5 Å². The number of benzene rings is 5. The van der Waals surface area contributed by atoms with Crippen molar-refractivity contribution in [3.63, 3.8) is 0 Å². The SMILES string of the molecule is Clc1ccc(-c2cc3c(c(-c4ccccc4)c2-c2ccccc2)Cc2ccccc2-3)cc1.O=S(=O)(O)C(F)(F)F. The van der Waals surface area contributed by atoms with Gasteiger partial charge in [-0.15, -0.1) is 0 Å². The normalized spacial score (nSPS) is 12.2. The Morgan fingerprint density at radius 3 is 1.68 bits per heavy atom. The highest BCUT2D eigenvalue weighted by Gasteiger charge is 2.44. The molecule has 0 aromatic heterocycles. The maximum Gasteiger partial charge on any atom is 0.522 e. The van der Waals surface area contributed by atoms with E-state index in [1.54, 1.807) is 0 Å². The lowest BCUT2D eigenvalue weighted by Gasteiger charge is -2.21. The number of alkyl halides is 3. The number of halogens is 4. The molecule has 0 saturated carbocycles. The van der Waals surface area contributed by atoms with E-state index >= 15 is 0 Å². The molecule has 0 spiro atoms. The maximum absolute atomic E-state index is 10.7. The van der Waals surface area contributed by atoms with Crippen LogP contribution in [-0.2, 0) is 16.5 Å². The van der Waals surface area contributed by atoms with Crippen molar-refractivity contribution in [2.45, 2.75) is 11.9 Å². The van der Waals surface area contributed by atoms with E-state index in [1.807, 2.05) is 12.1 Å². The molecule has 40 heavy (non-hydrogen) atoms.